The number of hydrogen-bond acceptors (Lipinski definition) is 4. The van der Waals surface area contributed by atoms with Crippen LogP contribution in [-0.2, 0) is 0 Å². The molecule has 0 saturated carbocycles. The molecule has 4 heteroatoms. The van der Waals surface area contributed by atoms with Gasteiger partial charge >= 0.3 is 0 Å². The predicted octanol–water partition coefficient (Wildman–Crippen LogP) is 1.92. The number of nitrogen functional groups attached to an aromatic ring is 1. The molecule has 0 aliphatic heterocycles. The fraction of sp³-hybridized carbons (Fsp3) is 0.308. The lowest BCUT2D eigenvalue weighted by atomic mass is 10.1. The summed E-state index contributed by atoms with van der Waals surface area (Å²) in [6.07, 6.45) is 0. The molecule has 1 aromatic heterocycles. The second kappa shape index (κ2) is 4.59. The van der Waals surface area contributed by atoms with E-state index in [-0.39, 0.29) is 12.6 Å². The highest BCUT2D eigenvalue weighted by molar-refractivity contribution is 5.93. The maximum atomic E-state index is 9.09. The number of aryl methyl sites for hydroxylation is 1. The average Bonchev–Trinajstić information content (AvgIpc) is 2.29. The lowest BCUT2D eigenvalue weighted by Crippen LogP contribution is -2.19. The Kier molecular flexibility index (Phi) is 3.15. The Bertz CT molecular complexity index is 539. The van der Waals surface area contributed by atoms with Gasteiger partial charge in [0.2, 0.25) is 0 Å². The van der Waals surface area contributed by atoms with Gasteiger partial charge in [-0.25, -0.2) is 0 Å². The first-order valence-corrected chi connectivity index (χ1v) is 5.64. The minimum atomic E-state index is 0.00132. The highest BCUT2D eigenvalue weighted by Crippen LogP contribution is 2.25. The van der Waals surface area contributed by atoms with Gasteiger partial charge in [0.25, 0.3) is 0 Å². The van der Waals surface area contributed by atoms with Crippen LogP contribution in [0.15, 0.2) is 24.3 Å². The Labute approximate surface area is 100 Å². The highest BCUT2D eigenvalue weighted by atomic mass is 16.3. The van der Waals surface area contributed by atoms with Crippen LogP contribution in [0, 0.1) is 6.92 Å². The second-order valence-corrected chi connectivity index (χ2v) is 4.32. The molecule has 0 aliphatic rings. The van der Waals surface area contributed by atoms with Crippen LogP contribution in [0.25, 0.3) is 10.9 Å². The van der Waals surface area contributed by atoms with Crippen molar-refractivity contribution >= 4 is 22.3 Å². The topological polar surface area (TPSA) is 71.2 Å². The molecule has 1 unspecified atom stereocenters. The molecule has 1 heterocycles. The number of nitrogens with zero attached hydrogens (tertiary/aromatic N) is 1. The molecule has 2 aromatic rings. The minimum absolute atomic E-state index is 0.00132. The van der Waals surface area contributed by atoms with Gasteiger partial charge in [0.1, 0.15) is 0 Å². The Hall–Kier alpha value is -1.81. The molecule has 4 N–H and O–H groups in total. The number of nitrogens with two attached hydrogens (primary N) is 1. The summed E-state index contributed by atoms with van der Waals surface area (Å²) in [7, 11) is 0. The van der Waals surface area contributed by atoms with E-state index in [1.165, 1.54) is 0 Å². The van der Waals surface area contributed by atoms with Gasteiger partial charge < -0.3 is 16.2 Å². The van der Waals surface area contributed by atoms with Crippen molar-refractivity contribution in [2.75, 3.05) is 17.7 Å². The standard InChI is InChI=1S/C13H17N3O/c1-8-5-13(16-9(2)7-17)11-6-10(14)3-4-12(11)15-8/h3-6,9,17H,7,14H2,1-2H3,(H,15,16). The molecule has 0 saturated heterocycles. The van der Waals surface area contributed by atoms with Gasteiger partial charge in [0, 0.05) is 28.5 Å². The van der Waals surface area contributed by atoms with Gasteiger partial charge in [-0.15, -0.1) is 0 Å². The molecule has 4 nitrogen and oxygen atoms in total. The van der Waals surface area contributed by atoms with Gasteiger partial charge in [-0.1, -0.05) is 0 Å². The fourth-order valence-corrected chi connectivity index (χ4v) is 1.81. The van der Waals surface area contributed by atoms with Crippen LogP contribution in [0.1, 0.15) is 12.6 Å². The smallest absolute Gasteiger partial charge is 0.0727 e. The number of aliphatic hydroxyl groups is 1. The molecule has 0 aliphatic carbocycles. The monoisotopic (exact) mass is 231 g/mol. The zero-order chi connectivity index (χ0) is 12.4. The van der Waals surface area contributed by atoms with E-state index in [4.69, 9.17) is 10.8 Å². The van der Waals surface area contributed by atoms with E-state index in [1.807, 2.05) is 38.1 Å². The molecule has 2 rings (SSSR count). The first-order chi connectivity index (χ1) is 8.10. The Morgan fingerprint density at radius 1 is 1.41 bits per heavy atom. The maximum Gasteiger partial charge on any atom is 0.0727 e. The van der Waals surface area contributed by atoms with Crippen LogP contribution < -0.4 is 11.1 Å². The molecular formula is C13H17N3O. The molecule has 0 amide bonds. The lowest BCUT2D eigenvalue weighted by molar-refractivity contribution is 0.281. The summed E-state index contributed by atoms with van der Waals surface area (Å²) >= 11 is 0. The summed E-state index contributed by atoms with van der Waals surface area (Å²) in [4.78, 5) is 4.45. The summed E-state index contributed by atoms with van der Waals surface area (Å²) < 4.78 is 0. The largest absolute Gasteiger partial charge is 0.399 e. The van der Waals surface area contributed by atoms with Crippen molar-refractivity contribution in [1.29, 1.82) is 0 Å². The number of hydrogen-bond donors (Lipinski definition) is 3. The lowest BCUT2D eigenvalue weighted by Gasteiger charge is -2.15. The number of nitrogens with one attached hydrogen (secondary N) is 1. The molecule has 1 aromatic carbocycles. The summed E-state index contributed by atoms with van der Waals surface area (Å²) in [5, 5.41) is 13.3. The molecule has 0 spiro atoms. The number of anilines is 2. The Balaban J connectivity index is 2.55. The molecule has 0 fully saturated rings. The molecule has 1 atom stereocenters. The van der Waals surface area contributed by atoms with Gasteiger partial charge in [-0.2, -0.15) is 0 Å². The van der Waals surface area contributed by atoms with E-state index in [0.29, 0.717) is 5.69 Å². The second-order valence-electron chi connectivity index (χ2n) is 4.32. The number of fused-ring (bicyclic) bond motifs is 1. The van der Waals surface area contributed by atoms with E-state index in [2.05, 4.69) is 10.3 Å². The quantitative estimate of drug-likeness (QED) is 0.706. The minimum Gasteiger partial charge on any atom is -0.399 e. The molecule has 90 valence electrons. The van der Waals surface area contributed by atoms with Gasteiger partial charge in [-0.05, 0) is 38.1 Å². The van der Waals surface area contributed by atoms with E-state index >= 15 is 0 Å². The zero-order valence-corrected chi connectivity index (χ0v) is 10.1. The Morgan fingerprint density at radius 3 is 2.88 bits per heavy atom. The normalized spacial score (nSPS) is 12.6. The van der Waals surface area contributed by atoms with Crippen LogP contribution in [0.2, 0.25) is 0 Å². The van der Waals surface area contributed by atoms with Crippen molar-refractivity contribution in [3.63, 3.8) is 0 Å². The zero-order valence-electron chi connectivity index (χ0n) is 10.1. The SMILES string of the molecule is Cc1cc(NC(C)CO)c2cc(N)ccc2n1. The summed E-state index contributed by atoms with van der Waals surface area (Å²) in [6, 6.07) is 7.62. The number of rotatable bonds is 3. The third-order valence-electron chi connectivity index (χ3n) is 2.64. The number of aliphatic hydroxyl groups excluding tert-OH is 1. The fourth-order valence-electron chi connectivity index (χ4n) is 1.81. The number of benzene rings is 1. The third kappa shape index (κ3) is 2.47. The van der Waals surface area contributed by atoms with Gasteiger partial charge in [-0.3, -0.25) is 4.98 Å². The summed E-state index contributed by atoms with van der Waals surface area (Å²) in [5.74, 6) is 0. The highest BCUT2D eigenvalue weighted by Gasteiger charge is 2.07. The first-order valence-electron chi connectivity index (χ1n) is 5.64. The van der Waals surface area contributed by atoms with Crippen LogP contribution in [-0.4, -0.2) is 22.7 Å². The van der Waals surface area contributed by atoms with Crippen LogP contribution in [0.4, 0.5) is 11.4 Å². The van der Waals surface area contributed by atoms with Crippen molar-refractivity contribution in [2.24, 2.45) is 0 Å². The maximum absolute atomic E-state index is 9.09. The van der Waals surface area contributed by atoms with Crippen LogP contribution >= 0.6 is 0 Å². The third-order valence-corrected chi connectivity index (χ3v) is 2.64. The van der Waals surface area contributed by atoms with Crippen molar-refractivity contribution in [1.82, 2.24) is 4.98 Å². The Morgan fingerprint density at radius 2 is 2.18 bits per heavy atom. The van der Waals surface area contributed by atoms with E-state index in [0.717, 1.165) is 22.3 Å². The van der Waals surface area contributed by atoms with E-state index in [1.54, 1.807) is 0 Å². The number of pyridine rings is 1. The van der Waals surface area contributed by atoms with Crippen molar-refractivity contribution in [3.05, 3.63) is 30.0 Å². The van der Waals surface area contributed by atoms with E-state index < -0.39 is 0 Å². The summed E-state index contributed by atoms with van der Waals surface area (Å²) in [5.41, 5.74) is 9.31. The van der Waals surface area contributed by atoms with Gasteiger partial charge in [0.15, 0.2) is 0 Å². The summed E-state index contributed by atoms with van der Waals surface area (Å²) in [6.45, 7) is 3.96. The first kappa shape index (κ1) is 11.7. The van der Waals surface area contributed by atoms with Gasteiger partial charge in [0.05, 0.1) is 12.1 Å². The predicted molar refractivity (Wildman–Crippen MR) is 71.1 cm³/mol. The van der Waals surface area contributed by atoms with Crippen molar-refractivity contribution in [3.8, 4) is 0 Å². The molecule has 0 radical (unpaired) electrons. The average molecular weight is 231 g/mol. The van der Waals surface area contributed by atoms with Crippen molar-refractivity contribution < 1.29 is 5.11 Å². The van der Waals surface area contributed by atoms with Crippen LogP contribution in [0.3, 0.4) is 0 Å². The van der Waals surface area contributed by atoms with Crippen LogP contribution in [0.5, 0.6) is 0 Å². The number of aromatic nitrogens is 1. The molecular weight excluding hydrogens is 214 g/mol. The van der Waals surface area contributed by atoms with E-state index in [9.17, 15) is 0 Å². The van der Waals surface area contributed by atoms with Crippen molar-refractivity contribution in [2.45, 2.75) is 19.9 Å². The molecule has 0 bridgehead atoms. The molecule has 17 heavy (non-hydrogen) atoms.